The van der Waals surface area contributed by atoms with Crippen LogP contribution in [-0.4, -0.2) is 46.4 Å². The Morgan fingerprint density at radius 3 is 2.53 bits per heavy atom. The zero-order valence-corrected chi connectivity index (χ0v) is 21.2. The Morgan fingerprint density at radius 2 is 1.89 bits per heavy atom. The van der Waals surface area contributed by atoms with Crippen LogP contribution in [0.1, 0.15) is 67.8 Å². The highest BCUT2D eigenvalue weighted by Crippen LogP contribution is 2.36. The second-order valence-corrected chi connectivity index (χ2v) is 10.3. The summed E-state index contributed by atoms with van der Waals surface area (Å²) in [7, 11) is 0. The van der Waals surface area contributed by atoms with Gasteiger partial charge in [-0.15, -0.1) is 0 Å². The minimum Gasteiger partial charge on any atom is -0.350 e. The second kappa shape index (κ2) is 12.1. The van der Waals surface area contributed by atoms with Crippen LogP contribution >= 0.6 is 0 Å². The molecule has 1 saturated heterocycles. The van der Waals surface area contributed by atoms with Crippen LogP contribution in [0.4, 0.5) is 0 Å². The van der Waals surface area contributed by atoms with Crippen molar-refractivity contribution in [1.82, 2.24) is 20.5 Å². The summed E-state index contributed by atoms with van der Waals surface area (Å²) in [5, 5.41) is 16.7. The average molecular weight is 488 g/mol. The highest BCUT2D eigenvalue weighted by Gasteiger charge is 2.46. The predicted octanol–water partition coefficient (Wildman–Crippen LogP) is 4.07. The number of aromatic nitrogens is 1. The van der Waals surface area contributed by atoms with Crippen molar-refractivity contribution < 1.29 is 9.59 Å². The van der Waals surface area contributed by atoms with E-state index in [4.69, 9.17) is 0 Å². The third-order valence-electron chi connectivity index (χ3n) is 7.77. The summed E-state index contributed by atoms with van der Waals surface area (Å²) in [6, 6.07) is 15.6. The van der Waals surface area contributed by atoms with Gasteiger partial charge in [0.1, 0.15) is 5.54 Å². The Labute approximate surface area is 214 Å². The molecule has 0 radical (unpaired) electrons. The number of hydrogen-bond donors (Lipinski definition) is 2. The molecule has 7 nitrogen and oxygen atoms in total. The Morgan fingerprint density at radius 1 is 1.17 bits per heavy atom. The molecule has 1 saturated carbocycles. The van der Waals surface area contributed by atoms with E-state index >= 15 is 0 Å². The van der Waals surface area contributed by atoms with Crippen molar-refractivity contribution in [1.29, 1.82) is 5.26 Å². The van der Waals surface area contributed by atoms with Gasteiger partial charge >= 0.3 is 0 Å². The third-order valence-corrected chi connectivity index (χ3v) is 7.77. The molecule has 1 aliphatic heterocycles. The van der Waals surface area contributed by atoms with Crippen LogP contribution in [0.15, 0.2) is 54.9 Å². The first-order valence-corrected chi connectivity index (χ1v) is 13.2. The Balaban J connectivity index is 1.59. The molecule has 2 heterocycles. The smallest absolute Gasteiger partial charge is 0.251 e. The number of pyridine rings is 1. The molecule has 1 aromatic heterocycles. The third kappa shape index (κ3) is 6.11. The lowest BCUT2D eigenvalue weighted by atomic mass is 9.76. The van der Waals surface area contributed by atoms with E-state index < -0.39 is 5.54 Å². The maximum atomic E-state index is 14.4. The van der Waals surface area contributed by atoms with Crippen LogP contribution in [-0.2, 0) is 11.3 Å². The lowest BCUT2D eigenvalue weighted by Gasteiger charge is -2.41. The van der Waals surface area contributed by atoms with E-state index in [1.54, 1.807) is 24.5 Å². The fraction of sp³-hybridized carbons (Fsp3) is 0.517. The highest BCUT2D eigenvalue weighted by molar-refractivity contribution is 5.94. The molecule has 2 aromatic rings. The number of carbonyl (C=O) groups excluding carboxylic acids is 2. The molecule has 2 aliphatic rings. The molecule has 3 atom stereocenters. The summed E-state index contributed by atoms with van der Waals surface area (Å²) in [5.41, 5.74) is 0.723. The fourth-order valence-corrected chi connectivity index (χ4v) is 5.75. The van der Waals surface area contributed by atoms with Gasteiger partial charge in [-0.2, -0.15) is 5.26 Å². The van der Waals surface area contributed by atoms with Crippen molar-refractivity contribution in [3.05, 3.63) is 66.0 Å². The van der Waals surface area contributed by atoms with Gasteiger partial charge in [-0.1, -0.05) is 49.6 Å². The maximum Gasteiger partial charge on any atom is 0.251 e. The lowest BCUT2D eigenvalue weighted by molar-refractivity contribution is -0.143. The van der Waals surface area contributed by atoms with Crippen LogP contribution in [0, 0.1) is 23.2 Å². The summed E-state index contributed by atoms with van der Waals surface area (Å²) < 4.78 is 0. The minimum absolute atomic E-state index is 0.0426. The molecule has 2 fully saturated rings. The number of hydrogen-bond acceptors (Lipinski definition) is 5. The molecule has 0 bridgehead atoms. The number of nitriles is 1. The fourth-order valence-electron chi connectivity index (χ4n) is 5.75. The summed E-state index contributed by atoms with van der Waals surface area (Å²) in [6.07, 6.45) is 9.85. The standard InChI is InChI=1S/C29H37N5O2/c1-22(33-27(35)25-12-15-31-16-13-25)18-26(24-10-6-3-7-11-24)28(36)34(19-23-8-4-2-5-9-23)29(20-30)14-17-32-21-29/h2,4-5,8-9,12-13,15-16,22,24,26,32H,3,6-7,10-11,14,17-19,21H2,1H3,(H,33,35). The highest BCUT2D eigenvalue weighted by atomic mass is 16.2. The Kier molecular flexibility index (Phi) is 8.71. The molecule has 0 spiro atoms. The summed E-state index contributed by atoms with van der Waals surface area (Å²) in [6.45, 7) is 3.59. The molecular weight excluding hydrogens is 450 g/mol. The van der Waals surface area contributed by atoms with Gasteiger partial charge in [-0.05, 0) is 62.8 Å². The molecule has 7 heteroatoms. The first kappa shape index (κ1) is 25.8. The van der Waals surface area contributed by atoms with E-state index in [1.165, 1.54) is 6.42 Å². The van der Waals surface area contributed by atoms with Gasteiger partial charge in [-0.25, -0.2) is 0 Å². The number of nitrogens with zero attached hydrogens (tertiary/aromatic N) is 3. The number of carbonyl (C=O) groups is 2. The minimum atomic E-state index is -0.858. The number of benzene rings is 1. The maximum absolute atomic E-state index is 14.4. The van der Waals surface area contributed by atoms with E-state index in [1.807, 2.05) is 42.2 Å². The largest absolute Gasteiger partial charge is 0.350 e. The monoisotopic (exact) mass is 487 g/mol. The Hall–Kier alpha value is -3.24. The van der Waals surface area contributed by atoms with Crippen molar-refractivity contribution >= 4 is 11.8 Å². The molecule has 36 heavy (non-hydrogen) atoms. The molecular formula is C29H37N5O2. The lowest BCUT2D eigenvalue weighted by Crippen LogP contribution is -2.55. The normalized spacial score (nSPS) is 21.8. The van der Waals surface area contributed by atoms with E-state index in [9.17, 15) is 14.9 Å². The van der Waals surface area contributed by atoms with Crippen molar-refractivity contribution in [2.24, 2.45) is 11.8 Å². The summed E-state index contributed by atoms with van der Waals surface area (Å²) in [5.74, 6) is -0.0992. The van der Waals surface area contributed by atoms with Gasteiger partial charge in [0.05, 0.1) is 6.07 Å². The van der Waals surface area contributed by atoms with E-state index in [2.05, 4.69) is 21.7 Å². The van der Waals surface area contributed by atoms with Crippen molar-refractivity contribution in [3.63, 3.8) is 0 Å². The van der Waals surface area contributed by atoms with Crippen molar-refractivity contribution in [2.75, 3.05) is 13.1 Å². The van der Waals surface area contributed by atoms with Crippen LogP contribution in [0.2, 0.25) is 0 Å². The first-order valence-electron chi connectivity index (χ1n) is 13.2. The topological polar surface area (TPSA) is 98.1 Å². The average Bonchev–Trinajstić information content (AvgIpc) is 3.42. The molecule has 2 amide bonds. The zero-order valence-electron chi connectivity index (χ0n) is 21.2. The number of rotatable bonds is 9. The van der Waals surface area contributed by atoms with E-state index in [-0.39, 0.29) is 29.7 Å². The van der Waals surface area contributed by atoms with Gasteiger partial charge in [-0.3, -0.25) is 14.6 Å². The number of amides is 2. The van der Waals surface area contributed by atoms with Crippen LogP contribution in [0.3, 0.4) is 0 Å². The molecule has 4 rings (SSSR count). The van der Waals surface area contributed by atoms with Crippen LogP contribution in [0.25, 0.3) is 0 Å². The van der Waals surface area contributed by atoms with Crippen molar-refractivity contribution in [2.45, 2.75) is 70.0 Å². The molecule has 1 aliphatic carbocycles. The summed E-state index contributed by atoms with van der Waals surface area (Å²) in [4.78, 5) is 33.0. The van der Waals surface area contributed by atoms with Crippen LogP contribution in [0.5, 0.6) is 0 Å². The van der Waals surface area contributed by atoms with E-state index in [0.717, 1.165) is 37.8 Å². The first-order chi connectivity index (χ1) is 17.5. The van der Waals surface area contributed by atoms with Crippen molar-refractivity contribution in [3.8, 4) is 6.07 Å². The van der Waals surface area contributed by atoms with Gasteiger partial charge in [0, 0.05) is 43.0 Å². The van der Waals surface area contributed by atoms with E-state index in [0.29, 0.717) is 31.5 Å². The zero-order chi connectivity index (χ0) is 25.4. The predicted molar refractivity (Wildman–Crippen MR) is 139 cm³/mol. The van der Waals surface area contributed by atoms with Gasteiger partial charge < -0.3 is 15.5 Å². The molecule has 2 N–H and O–H groups in total. The van der Waals surface area contributed by atoms with Gasteiger partial charge in [0.25, 0.3) is 5.91 Å². The second-order valence-electron chi connectivity index (χ2n) is 10.3. The quantitative estimate of drug-likeness (QED) is 0.556. The molecule has 3 unspecified atom stereocenters. The number of nitrogens with one attached hydrogen (secondary N) is 2. The summed E-state index contributed by atoms with van der Waals surface area (Å²) >= 11 is 0. The van der Waals surface area contributed by atoms with Crippen LogP contribution < -0.4 is 10.6 Å². The molecule has 190 valence electrons. The van der Waals surface area contributed by atoms with Gasteiger partial charge in [0.15, 0.2) is 0 Å². The Bertz CT molecular complexity index is 1040. The SMILES string of the molecule is CC(CC(C(=O)N(Cc1ccccc1)C1(C#N)CCNC1)C1CCCCC1)NC(=O)c1ccncc1. The molecule has 1 aromatic carbocycles. The van der Waals surface area contributed by atoms with Gasteiger partial charge in [0.2, 0.25) is 5.91 Å².